The zero-order valence-corrected chi connectivity index (χ0v) is 18.7. The Bertz CT molecular complexity index is 1020. The molecule has 0 spiro atoms. The Morgan fingerprint density at radius 2 is 1.41 bits per heavy atom. The van der Waals surface area contributed by atoms with E-state index in [-0.39, 0.29) is 5.91 Å². The van der Waals surface area contributed by atoms with Crippen molar-refractivity contribution in [2.75, 3.05) is 52.4 Å². The largest absolute Gasteiger partial charge is 0.330 e. The van der Waals surface area contributed by atoms with E-state index >= 15 is 0 Å². The monoisotopic (exact) mass is 431 g/mol. The zero-order chi connectivity index (χ0) is 21.8. The van der Waals surface area contributed by atoms with Crippen molar-refractivity contribution in [3.05, 3.63) is 72.4 Å². The molecule has 3 aromatic rings. The van der Waals surface area contributed by atoms with Crippen LogP contribution in [-0.2, 0) is 0 Å². The molecule has 2 N–H and O–H groups in total. The van der Waals surface area contributed by atoms with Crippen molar-refractivity contribution in [2.45, 2.75) is 12.8 Å². The molecule has 2 fully saturated rings. The van der Waals surface area contributed by atoms with Crippen LogP contribution in [0.1, 0.15) is 23.2 Å². The van der Waals surface area contributed by atoms with E-state index in [9.17, 15) is 4.79 Å². The van der Waals surface area contributed by atoms with E-state index in [4.69, 9.17) is 5.10 Å². The lowest BCUT2D eigenvalue weighted by Crippen LogP contribution is -3.21. The summed E-state index contributed by atoms with van der Waals surface area (Å²) >= 11 is 0. The van der Waals surface area contributed by atoms with Gasteiger partial charge in [-0.15, -0.1) is 0 Å². The highest BCUT2D eigenvalue weighted by Crippen LogP contribution is 2.25. The average Bonchev–Trinajstić information content (AvgIpc) is 3.54. The summed E-state index contributed by atoms with van der Waals surface area (Å²) in [5, 5.41) is 4.82. The molecule has 0 atom stereocenters. The molecule has 0 unspecified atom stereocenters. The minimum Gasteiger partial charge on any atom is -0.330 e. The predicted octanol–water partition coefficient (Wildman–Crippen LogP) is 0.559. The fraction of sp³-hybridized carbons (Fsp3) is 0.385. The highest BCUT2D eigenvalue weighted by atomic mass is 16.2. The molecule has 0 aliphatic carbocycles. The van der Waals surface area contributed by atoms with Crippen molar-refractivity contribution < 1.29 is 14.6 Å². The smallest absolute Gasteiger partial charge is 0.258 e. The van der Waals surface area contributed by atoms with Gasteiger partial charge in [0, 0.05) is 24.6 Å². The summed E-state index contributed by atoms with van der Waals surface area (Å²) in [4.78, 5) is 19.0. The molecular weight excluding hydrogens is 398 g/mol. The molecule has 1 aromatic heterocycles. The van der Waals surface area contributed by atoms with Gasteiger partial charge in [0.15, 0.2) is 0 Å². The molecular formula is C26H33N5O+2. The molecule has 2 saturated heterocycles. The second-order valence-electron chi connectivity index (χ2n) is 9.04. The number of likely N-dealkylation sites (tertiary alicyclic amines) is 1. The van der Waals surface area contributed by atoms with Crippen LogP contribution in [0.4, 0.5) is 0 Å². The van der Waals surface area contributed by atoms with Gasteiger partial charge in [0.05, 0.1) is 50.5 Å². The summed E-state index contributed by atoms with van der Waals surface area (Å²) < 4.78 is 1.83. The first kappa shape index (κ1) is 20.9. The first-order valence-corrected chi connectivity index (χ1v) is 11.9. The summed E-state index contributed by atoms with van der Waals surface area (Å²) in [5.41, 5.74) is 3.38. The SMILES string of the molecule is O=C(c1cn(-c2ccccc2)nc1-c1ccccc1)N1CC[NH+](CC[NH+]2CCCC2)CC1. The summed E-state index contributed by atoms with van der Waals surface area (Å²) in [6.07, 6.45) is 4.66. The molecule has 5 rings (SSSR count). The van der Waals surface area contributed by atoms with Crippen LogP contribution in [0.25, 0.3) is 16.9 Å². The fourth-order valence-electron chi connectivity index (χ4n) is 4.98. The Balaban J connectivity index is 1.31. The van der Waals surface area contributed by atoms with Crippen molar-refractivity contribution in [3.63, 3.8) is 0 Å². The Hall–Kier alpha value is -2.96. The number of carbonyl (C=O) groups excluding carboxylic acids is 1. The van der Waals surface area contributed by atoms with Crippen molar-refractivity contribution in [2.24, 2.45) is 0 Å². The van der Waals surface area contributed by atoms with Gasteiger partial charge in [0.2, 0.25) is 0 Å². The van der Waals surface area contributed by atoms with Gasteiger partial charge in [-0.05, 0) is 12.1 Å². The number of nitrogens with zero attached hydrogens (tertiary/aromatic N) is 3. The Morgan fingerprint density at radius 3 is 2.06 bits per heavy atom. The van der Waals surface area contributed by atoms with E-state index in [1.165, 1.54) is 39.0 Å². The lowest BCUT2D eigenvalue weighted by Gasteiger charge is -2.32. The van der Waals surface area contributed by atoms with Crippen LogP contribution in [0.3, 0.4) is 0 Å². The molecule has 0 radical (unpaired) electrons. The van der Waals surface area contributed by atoms with Crippen LogP contribution in [-0.4, -0.2) is 72.9 Å². The fourth-order valence-corrected chi connectivity index (χ4v) is 4.98. The molecule has 3 heterocycles. The predicted molar refractivity (Wildman–Crippen MR) is 125 cm³/mol. The molecule has 0 bridgehead atoms. The Morgan fingerprint density at radius 1 is 0.812 bits per heavy atom. The van der Waals surface area contributed by atoms with Crippen LogP contribution >= 0.6 is 0 Å². The third kappa shape index (κ3) is 4.61. The highest BCUT2D eigenvalue weighted by molar-refractivity contribution is 6.00. The number of amides is 1. The summed E-state index contributed by atoms with van der Waals surface area (Å²) in [7, 11) is 0. The summed E-state index contributed by atoms with van der Waals surface area (Å²) in [6.45, 7) is 8.86. The molecule has 0 saturated carbocycles. The first-order valence-electron chi connectivity index (χ1n) is 11.9. The maximum Gasteiger partial charge on any atom is 0.258 e. The average molecular weight is 432 g/mol. The van der Waals surface area contributed by atoms with Gasteiger partial charge < -0.3 is 14.7 Å². The van der Waals surface area contributed by atoms with Gasteiger partial charge in [-0.2, -0.15) is 5.10 Å². The summed E-state index contributed by atoms with van der Waals surface area (Å²) in [6, 6.07) is 20.0. The highest BCUT2D eigenvalue weighted by Gasteiger charge is 2.29. The van der Waals surface area contributed by atoms with Crippen molar-refractivity contribution in [3.8, 4) is 16.9 Å². The van der Waals surface area contributed by atoms with E-state index in [1.54, 1.807) is 9.80 Å². The molecule has 2 aliphatic rings. The van der Waals surface area contributed by atoms with E-state index < -0.39 is 0 Å². The van der Waals surface area contributed by atoms with Gasteiger partial charge in [0.1, 0.15) is 18.8 Å². The molecule has 1 amide bonds. The number of hydrogen-bond donors (Lipinski definition) is 2. The number of piperazine rings is 1. The van der Waals surface area contributed by atoms with E-state index in [1.807, 2.05) is 76.4 Å². The topological polar surface area (TPSA) is 47.0 Å². The lowest BCUT2D eigenvalue weighted by atomic mass is 10.1. The Kier molecular flexibility index (Phi) is 6.32. The van der Waals surface area contributed by atoms with Crippen molar-refractivity contribution >= 4 is 5.91 Å². The third-order valence-corrected chi connectivity index (χ3v) is 6.91. The minimum atomic E-state index is 0.0928. The van der Waals surface area contributed by atoms with Crippen LogP contribution in [0.15, 0.2) is 66.9 Å². The molecule has 6 heteroatoms. The van der Waals surface area contributed by atoms with Gasteiger partial charge in [0.25, 0.3) is 5.91 Å². The number of quaternary nitrogens is 2. The number of benzene rings is 2. The van der Waals surface area contributed by atoms with E-state index in [2.05, 4.69) is 0 Å². The normalized spacial score (nSPS) is 17.7. The third-order valence-electron chi connectivity index (χ3n) is 6.91. The lowest BCUT2D eigenvalue weighted by molar-refractivity contribution is -0.954. The van der Waals surface area contributed by atoms with Crippen molar-refractivity contribution in [1.82, 2.24) is 14.7 Å². The van der Waals surface area contributed by atoms with Crippen LogP contribution in [0, 0.1) is 0 Å². The van der Waals surface area contributed by atoms with Gasteiger partial charge in [-0.25, -0.2) is 4.68 Å². The quantitative estimate of drug-likeness (QED) is 0.599. The molecule has 32 heavy (non-hydrogen) atoms. The van der Waals surface area contributed by atoms with Crippen LogP contribution in [0.2, 0.25) is 0 Å². The molecule has 2 aromatic carbocycles. The Labute approximate surface area is 190 Å². The van der Waals surface area contributed by atoms with Gasteiger partial charge in [-0.1, -0.05) is 48.5 Å². The zero-order valence-electron chi connectivity index (χ0n) is 18.7. The number of hydrogen-bond acceptors (Lipinski definition) is 2. The number of para-hydroxylation sites is 1. The van der Waals surface area contributed by atoms with Crippen molar-refractivity contribution in [1.29, 1.82) is 0 Å². The number of rotatable bonds is 6. The molecule has 166 valence electrons. The van der Waals surface area contributed by atoms with Gasteiger partial charge in [-0.3, -0.25) is 4.79 Å². The minimum absolute atomic E-state index is 0.0928. The number of nitrogens with one attached hydrogen (secondary N) is 2. The maximum atomic E-state index is 13.6. The second-order valence-corrected chi connectivity index (χ2v) is 9.04. The van der Waals surface area contributed by atoms with E-state index in [0.29, 0.717) is 5.56 Å². The molecule has 6 nitrogen and oxygen atoms in total. The number of carbonyl (C=O) groups is 1. The van der Waals surface area contributed by atoms with Gasteiger partial charge >= 0.3 is 0 Å². The maximum absolute atomic E-state index is 13.6. The standard InChI is InChI=1S/C26H31N5O/c32-26(30-19-17-29(18-20-30)16-15-28-13-7-8-14-28)24-21-31(23-11-5-2-6-12-23)27-25(24)22-9-3-1-4-10-22/h1-6,9-12,21H,7-8,13-20H2/p+2. The number of aromatic nitrogens is 2. The molecule has 2 aliphatic heterocycles. The van der Waals surface area contributed by atoms with Crippen LogP contribution in [0.5, 0.6) is 0 Å². The first-order chi connectivity index (χ1) is 15.8. The summed E-state index contributed by atoms with van der Waals surface area (Å²) in [5.74, 6) is 0.0928. The van der Waals surface area contributed by atoms with Crippen LogP contribution < -0.4 is 9.80 Å². The van der Waals surface area contributed by atoms with E-state index in [0.717, 1.165) is 43.1 Å². The second kappa shape index (κ2) is 9.67.